The Hall–Kier alpha value is -0.590. The van der Waals surface area contributed by atoms with Gasteiger partial charge in [-0.25, -0.2) is 0 Å². The van der Waals surface area contributed by atoms with Crippen molar-refractivity contribution in [3.05, 3.63) is 20.8 Å². The van der Waals surface area contributed by atoms with Crippen molar-refractivity contribution in [2.75, 3.05) is 19.5 Å². The van der Waals surface area contributed by atoms with Crippen molar-refractivity contribution in [3.63, 3.8) is 0 Å². The Bertz CT molecular complexity index is 411. The van der Waals surface area contributed by atoms with Crippen molar-refractivity contribution < 1.29 is 9.59 Å². The zero-order chi connectivity index (χ0) is 12.8. The predicted molar refractivity (Wildman–Crippen MR) is 72.2 cm³/mol. The van der Waals surface area contributed by atoms with Gasteiger partial charge in [-0.2, -0.15) is 0 Å². The van der Waals surface area contributed by atoms with Crippen molar-refractivity contribution in [2.45, 2.75) is 6.54 Å². The van der Waals surface area contributed by atoms with Gasteiger partial charge in [0.2, 0.25) is 11.8 Å². The Morgan fingerprint density at radius 3 is 2.82 bits per heavy atom. The molecule has 0 spiro atoms. The second-order valence-electron chi connectivity index (χ2n) is 3.39. The normalized spacial score (nSPS) is 10.1. The van der Waals surface area contributed by atoms with E-state index >= 15 is 0 Å². The van der Waals surface area contributed by atoms with E-state index in [4.69, 9.17) is 11.6 Å². The third-order valence-corrected chi connectivity index (χ3v) is 3.92. The average Bonchev–Trinajstić information content (AvgIpc) is 2.70. The number of thiophene rings is 1. The minimum absolute atomic E-state index is 0.0192. The van der Waals surface area contributed by atoms with E-state index in [1.165, 1.54) is 0 Å². The molecule has 0 saturated carbocycles. The lowest BCUT2D eigenvalue weighted by molar-refractivity contribution is -0.131. The molecule has 2 amide bonds. The molecular weight excluding hydrogens is 328 g/mol. The summed E-state index contributed by atoms with van der Waals surface area (Å²) < 4.78 is 1.01. The van der Waals surface area contributed by atoms with Gasteiger partial charge < -0.3 is 10.2 Å². The Kier molecular flexibility index (Phi) is 5.94. The van der Waals surface area contributed by atoms with Crippen LogP contribution in [0.5, 0.6) is 0 Å². The van der Waals surface area contributed by atoms with Gasteiger partial charge in [-0.3, -0.25) is 9.59 Å². The topological polar surface area (TPSA) is 49.4 Å². The molecule has 0 saturated heterocycles. The van der Waals surface area contributed by atoms with E-state index in [0.717, 1.165) is 9.35 Å². The number of alkyl halides is 1. The third kappa shape index (κ3) is 5.06. The molecule has 1 aromatic heterocycles. The third-order valence-electron chi connectivity index (χ3n) is 2.00. The Labute approximate surface area is 117 Å². The fourth-order valence-electron chi connectivity index (χ4n) is 1.12. The standard InChI is InChI=1S/C10H12BrClN2O2S/c1-14(5-8-2-7(11)6-17-8)10(16)4-13-9(15)3-12/h2,6H,3-5H2,1H3,(H,13,15). The summed E-state index contributed by atoms with van der Waals surface area (Å²) in [5, 5.41) is 4.40. The molecule has 0 fully saturated rings. The van der Waals surface area contributed by atoms with E-state index in [1.807, 2.05) is 11.4 Å². The number of carbonyl (C=O) groups excluding carboxylic acids is 2. The van der Waals surface area contributed by atoms with E-state index in [-0.39, 0.29) is 24.2 Å². The quantitative estimate of drug-likeness (QED) is 0.832. The summed E-state index contributed by atoms with van der Waals surface area (Å²) in [6, 6.07) is 1.96. The molecular formula is C10H12BrClN2O2S. The number of hydrogen-bond donors (Lipinski definition) is 1. The molecule has 94 valence electrons. The molecule has 0 aromatic carbocycles. The zero-order valence-electron chi connectivity index (χ0n) is 9.20. The van der Waals surface area contributed by atoms with Crippen LogP contribution in [0.1, 0.15) is 4.88 Å². The number of likely N-dealkylation sites (N-methyl/N-ethyl adjacent to an activating group) is 1. The Morgan fingerprint density at radius 2 is 2.29 bits per heavy atom. The maximum Gasteiger partial charge on any atom is 0.242 e. The largest absolute Gasteiger partial charge is 0.346 e. The zero-order valence-corrected chi connectivity index (χ0v) is 12.4. The van der Waals surface area contributed by atoms with E-state index in [1.54, 1.807) is 23.3 Å². The van der Waals surface area contributed by atoms with Gasteiger partial charge in [-0.1, -0.05) is 0 Å². The molecule has 0 aliphatic carbocycles. The van der Waals surface area contributed by atoms with Crippen molar-refractivity contribution in [2.24, 2.45) is 0 Å². The molecule has 0 unspecified atom stereocenters. The van der Waals surface area contributed by atoms with Gasteiger partial charge in [-0.15, -0.1) is 22.9 Å². The van der Waals surface area contributed by atoms with Crippen molar-refractivity contribution in [1.82, 2.24) is 10.2 Å². The highest BCUT2D eigenvalue weighted by Gasteiger charge is 2.11. The fraction of sp³-hybridized carbons (Fsp3) is 0.400. The van der Waals surface area contributed by atoms with Gasteiger partial charge in [-0.05, 0) is 22.0 Å². The minimum Gasteiger partial charge on any atom is -0.346 e. The molecule has 1 aromatic rings. The first-order chi connectivity index (χ1) is 8.02. The van der Waals surface area contributed by atoms with Crippen LogP contribution in [-0.4, -0.2) is 36.2 Å². The number of carbonyl (C=O) groups is 2. The second kappa shape index (κ2) is 6.98. The number of rotatable bonds is 5. The molecule has 1 N–H and O–H groups in total. The first-order valence-electron chi connectivity index (χ1n) is 4.82. The van der Waals surface area contributed by atoms with Crippen molar-refractivity contribution in [1.29, 1.82) is 0 Å². The van der Waals surface area contributed by atoms with Gasteiger partial charge >= 0.3 is 0 Å². The minimum atomic E-state index is -0.340. The SMILES string of the molecule is CN(Cc1cc(Br)cs1)C(=O)CNC(=O)CCl. The fourth-order valence-corrected chi connectivity index (χ4v) is 2.71. The van der Waals surface area contributed by atoms with Crippen LogP contribution in [0, 0.1) is 0 Å². The van der Waals surface area contributed by atoms with Crippen molar-refractivity contribution in [3.8, 4) is 0 Å². The van der Waals surface area contributed by atoms with Gasteiger partial charge in [0.1, 0.15) is 5.88 Å². The second-order valence-corrected chi connectivity index (χ2v) is 5.57. The maximum absolute atomic E-state index is 11.6. The summed E-state index contributed by atoms with van der Waals surface area (Å²) in [6.45, 7) is 0.514. The number of nitrogens with one attached hydrogen (secondary N) is 1. The first-order valence-corrected chi connectivity index (χ1v) is 7.03. The highest BCUT2D eigenvalue weighted by molar-refractivity contribution is 9.10. The molecule has 4 nitrogen and oxygen atoms in total. The molecule has 0 aliphatic rings. The number of amides is 2. The Balaban J connectivity index is 2.39. The lowest BCUT2D eigenvalue weighted by atomic mass is 10.4. The summed E-state index contributed by atoms with van der Waals surface area (Å²) in [5.41, 5.74) is 0. The lowest BCUT2D eigenvalue weighted by Crippen LogP contribution is -2.38. The van der Waals surface area contributed by atoms with Crippen LogP contribution in [0.2, 0.25) is 0 Å². The summed E-state index contributed by atoms with van der Waals surface area (Å²) >= 11 is 10.2. The van der Waals surface area contributed by atoms with Gasteiger partial charge in [0.25, 0.3) is 0 Å². The summed E-state index contributed by atoms with van der Waals surface area (Å²) in [5.74, 6) is -0.616. The first kappa shape index (κ1) is 14.5. The monoisotopic (exact) mass is 338 g/mol. The summed E-state index contributed by atoms with van der Waals surface area (Å²) in [4.78, 5) is 25.2. The average molecular weight is 340 g/mol. The molecule has 0 aliphatic heterocycles. The van der Waals surface area contributed by atoms with Crippen LogP contribution in [0.4, 0.5) is 0 Å². The van der Waals surface area contributed by atoms with Crippen molar-refractivity contribution >= 4 is 50.7 Å². The van der Waals surface area contributed by atoms with E-state index < -0.39 is 0 Å². The van der Waals surface area contributed by atoms with Crippen LogP contribution in [0.15, 0.2) is 15.9 Å². The van der Waals surface area contributed by atoms with E-state index in [0.29, 0.717) is 6.54 Å². The smallest absolute Gasteiger partial charge is 0.242 e. The van der Waals surface area contributed by atoms with Crippen LogP contribution >= 0.6 is 38.9 Å². The summed E-state index contributed by atoms with van der Waals surface area (Å²) in [7, 11) is 1.70. The van der Waals surface area contributed by atoms with Crippen LogP contribution in [0.3, 0.4) is 0 Å². The highest BCUT2D eigenvalue weighted by Crippen LogP contribution is 2.20. The van der Waals surface area contributed by atoms with Gasteiger partial charge in [0.05, 0.1) is 13.1 Å². The van der Waals surface area contributed by atoms with Crippen LogP contribution in [0.25, 0.3) is 0 Å². The predicted octanol–water partition coefficient (Wildman–Crippen LogP) is 1.82. The van der Waals surface area contributed by atoms with Gasteiger partial charge in [0, 0.05) is 21.8 Å². The number of nitrogens with zero attached hydrogens (tertiary/aromatic N) is 1. The molecule has 1 heterocycles. The number of hydrogen-bond acceptors (Lipinski definition) is 3. The maximum atomic E-state index is 11.6. The van der Waals surface area contributed by atoms with Gasteiger partial charge in [0.15, 0.2) is 0 Å². The highest BCUT2D eigenvalue weighted by atomic mass is 79.9. The molecule has 1 rings (SSSR count). The molecule has 0 atom stereocenters. The Morgan fingerprint density at radius 1 is 1.59 bits per heavy atom. The van der Waals surface area contributed by atoms with Crippen LogP contribution in [-0.2, 0) is 16.1 Å². The van der Waals surface area contributed by atoms with E-state index in [2.05, 4.69) is 21.2 Å². The van der Waals surface area contributed by atoms with E-state index in [9.17, 15) is 9.59 Å². The molecule has 0 radical (unpaired) electrons. The number of halogens is 2. The van der Waals surface area contributed by atoms with Crippen LogP contribution < -0.4 is 5.32 Å². The summed E-state index contributed by atoms with van der Waals surface area (Å²) in [6.07, 6.45) is 0. The lowest BCUT2D eigenvalue weighted by Gasteiger charge is -2.16. The molecule has 0 bridgehead atoms. The molecule has 7 heteroatoms. The molecule has 17 heavy (non-hydrogen) atoms.